The van der Waals surface area contributed by atoms with Gasteiger partial charge in [0.05, 0.1) is 5.69 Å². The van der Waals surface area contributed by atoms with Crippen LogP contribution in [-0.2, 0) is 0 Å². The van der Waals surface area contributed by atoms with Gasteiger partial charge in [-0.3, -0.25) is 4.98 Å². The predicted molar refractivity (Wildman–Crippen MR) is 77.4 cm³/mol. The molecule has 0 unspecified atom stereocenters. The van der Waals surface area contributed by atoms with E-state index in [1.807, 2.05) is 37.4 Å². The summed E-state index contributed by atoms with van der Waals surface area (Å²) in [6.07, 6.45) is 3.37. The van der Waals surface area contributed by atoms with Crippen LogP contribution in [0.15, 0.2) is 41.4 Å². The molecule has 2 N–H and O–H groups in total. The molecule has 98 valence electrons. The third-order valence-electron chi connectivity index (χ3n) is 2.62. The zero-order chi connectivity index (χ0) is 13.8. The highest BCUT2D eigenvalue weighted by atomic mass is 32.2. The molecule has 4 nitrogen and oxygen atoms in total. The number of aryl methyl sites for hydroxylation is 1. The topological polar surface area (TPSA) is 62.2 Å². The second kappa shape index (κ2) is 5.75. The maximum absolute atomic E-state index is 11.2. The number of carbonyl (C=O) groups is 1. The molecule has 0 amide bonds. The second-order valence-electron chi connectivity index (χ2n) is 4.03. The van der Waals surface area contributed by atoms with Crippen molar-refractivity contribution in [2.24, 2.45) is 0 Å². The van der Waals surface area contributed by atoms with Crippen LogP contribution < -0.4 is 5.32 Å². The molecule has 0 saturated heterocycles. The van der Waals surface area contributed by atoms with E-state index in [1.165, 1.54) is 6.20 Å². The van der Waals surface area contributed by atoms with Crippen molar-refractivity contribution < 1.29 is 9.90 Å². The van der Waals surface area contributed by atoms with Crippen molar-refractivity contribution in [1.82, 2.24) is 4.98 Å². The molecule has 0 atom stereocenters. The molecule has 0 aliphatic heterocycles. The van der Waals surface area contributed by atoms with E-state index in [0.717, 1.165) is 16.3 Å². The third kappa shape index (κ3) is 3.26. The van der Waals surface area contributed by atoms with Crippen molar-refractivity contribution in [3.8, 4) is 0 Å². The number of carboxylic acid groups (broad SMARTS) is 1. The van der Waals surface area contributed by atoms with Crippen LogP contribution in [-0.4, -0.2) is 22.3 Å². The minimum Gasteiger partial charge on any atom is -0.478 e. The molecule has 5 heteroatoms. The van der Waals surface area contributed by atoms with Crippen LogP contribution in [0.1, 0.15) is 16.1 Å². The molecule has 0 aliphatic carbocycles. The average molecular weight is 274 g/mol. The first kappa shape index (κ1) is 13.4. The molecule has 1 heterocycles. The van der Waals surface area contributed by atoms with Crippen LogP contribution in [0, 0.1) is 6.92 Å². The summed E-state index contributed by atoms with van der Waals surface area (Å²) in [5.74, 6) is -0.990. The van der Waals surface area contributed by atoms with Crippen LogP contribution in [0.5, 0.6) is 0 Å². The fourth-order valence-electron chi connectivity index (χ4n) is 1.69. The monoisotopic (exact) mass is 274 g/mol. The molecular formula is C14H14N2O2S. The number of pyridine rings is 1. The van der Waals surface area contributed by atoms with Crippen molar-refractivity contribution in [3.05, 3.63) is 47.8 Å². The average Bonchev–Trinajstić information content (AvgIpc) is 2.38. The highest BCUT2D eigenvalue weighted by Gasteiger charge is 2.11. The second-order valence-corrected chi connectivity index (χ2v) is 4.91. The zero-order valence-electron chi connectivity index (χ0n) is 10.7. The number of nitrogens with zero attached hydrogens (tertiary/aromatic N) is 1. The van der Waals surface area contributed by atoms with Gasteiger partial charge in [-0.05, 0) is 37.4 Å². The zero-order valence-corrected chi connectivity index (χ0v) is 11.5. The predicted octanol–water partition coefficient (Wildman–Crippen LogP) is 3.55. The Morgan fingerprint density at radius 2 is 2.16 bits per heavy atom. The molecule has 2 rings (SSSR count). The van der Waals surface area contributed by atoms with Gasteiger partial charge in [0.2, 0.25) is 0 Å². The van der Waals surface area contributed by atoms with Crippen LogP contribution in [0.25, 0.3) is 0 Å². The minimum atomic E-state index is -0.990. The van der Waals surface area contributed by atoms with Crippen LogP contribution >= 0.6 is 11.8 Å². The lowest BCUT2D eigenvalue weighted by atomic mass is 10.2. The number of anilines is 2. The van der Waals surface area contributed by atoms with E-state index in [2.05, 4.69) is 10.3 Å². The normalized spacial score (nSPS) is 10.2. The van der Waals surface area contributed by atoms with Crippen molar-refractivity contribution in [2.75, 3.05) is 11.6 Å². The summed E-state index contributed by atoms with van der Waals surface area (Å²) >= 11 is 1.64. The van der Waals surface area contributed by atoms with E-state index >= 15 is 0 Å². The molecule has 0 saturated carbocycles. The van der Waals surface area contributed by atoms with Gasteiger partial charge in [0.25, 0.3) is 0 Å². The van der Waals surface area contributed by atoms with E-state index in [0.29, 0.717) is 5.69 Å². The van der Waals surface area contributed by atoms with Gasteiger partial charge in [0, 0.05) is 22.5 Å². The van der Waals surface area contributed by atoms with Gasteiger partial charge >= 0.3 is 5.97 Å². The Kier molecular flexibility index (Phi) is 4.06. The highest BCUT2D eigenvalue weighted by Crippen LogP contribution is 2.24. The third-order valence-corrected chi connectivity index (χ3v) is 3.35. The quantitative estimate of drug-likeness (QED) is 0.835. The van der Waals surface area contributed by atoms with E-state index in [9.17, 15) is 4.79 Å². The number of hydrogen-bond acceptors (Lipinski definition) is 4. The standard InChI is InChI=1S/C14H14N2O2S/c1-9-6-13(12(8-15-9)14(17)18)16-10-4-3-5-11(7-10)19-2/h3-8H,1-2H3,(H,15,16)(H,17,18). The van der Waals surface area contributed by atoms with Gasteiger partial charge in [0.1, 0.15) is 5.56 Å². The van der Waals surface area contributed by atoms with Crippen LogP contribution in [0.2, 0.25) is 0 Å². The smallest absolute Gasteiger partial charge is 0.339 e. The number of aromatic carboxylic acids is 1. The number of benzene rings is 1. The Bertz CT molecular complexity index is 614. The number of rotatable bonds is 4. The van der Waals surface area contributed by atoms with Crippen molar-refractivity contribution in [2.45, 2.75) is 11.8 Å². The lowest BCUT2D eigenvalue weighted by Gasteiger charge is -2.10. The van der Waals surface area contributed by atoms with Crippen molar-refractivity contribution in [3.63, 3.8) is 0 Å². The largest absolute Gasteiger partial charge is 0.478 e. The van der Waals surface area contributed by atoms with E-state index < -0.39 is 5.97 Å². The van der Waals surface area contributed by atoms with Gasteiger partial charge in [0.15, 0.2) is 0 Å². The molecule has 0 bridgehead atoms. The number of aromatic nitrogens is 1. The summed E-state index contributed by atoms with van der Waals surface area (Å²) in [4.78, 5) is 16.3. The summed E-state index contributed by atoms with van der Waals surface area (Å²) in [5.41, 5.74) is 2.35. The van der Waals surface area contributed by atoms with Gasteiger partial charge in [-0.2, -0.15) is 0 Å². The molecule has 1 aromatic heterocycles. The maximum atomic E-state index is 11.2. The Balaban J connectivity index is 2.36. The summed E-state index contributed by atoms with van der Waals surface area (Å²) in [6.45, 7) is 1.83. The number of nitrogens with one attached hydrogen (secondary N) is 1. The Labute approximate surface area is 115 Å². The number of hydrogen-bond donors (Lipinski definition) is 2. The Hall–Kier alpha value is -2.01. The molecule has 19 heavy (non-hydrogen) atoms. The fourth-order valence-corrected chi connectivity index (χ4v) is 2.15. The van der Waals surface area contributed by atoms with Crippen LogP contribution in [0.4, 0.5) is 11.4 Å². The molecular weight excluding hydrogens is 260 g/mol. The minimum absolute atomic E-state index is 0.167. The lowest BCUT2D eigenvalue weighted by Crippen LogP contribution is -2.04. The van der Waals surface area contributed by atoms with E-state index in [1.54, 1.807) is 17.8 Å². The Morgan fingerprint density at radius 3 is 2.84 bits per heavy atom. The van der Waals surface area contributed by atoms with Crippen molar-refractivity contribution in [1.29, 1.82) is 0 Å². The molecule has 0 radical (unpaired) electrons. The van der Waals surface area contributed by atoms with E-state index in [4.69, 9.17) is 5.11 Å². The molecule has 2 aromatic rings. The Morgan fingerprint density at radius 1 is 1.37 bits per heavy atom. The van der Waals surface area contributed by atoms with Gasteiger partial charge in [-0.15, -0.1) is 11.8 Å². The number of thioether (sulfide) groups is 1. The van der Waals surface area contributed by atoms with Gasteiger partial charge < -0.3 is 10.4 Å². The summed E-state index contributed by atoms with van der Waals surface area (Å²) in [6, 6.07) is 9.55. The van der Waals surface area contributed by atoms with Gasteiger partial charge in [-0.25, -0.2) is 4.79 Å². The fraction of sp³-hybridized carbons (Fsp3) is 0.143. The SMILES string of the molecule is CSc1cccc(Nc2cc(C)ncc2C(=O)O)c1. The number of carboxylic acids is 1. The lowest BCUT2D eigenvalue weighted by molar-refractivity contribution is 0.0697. The first-order valence-electron chi connectivity index (χ1n) is 5.71. The first-order chi connectivity index (χ1) is 9.10. The molecule has 0 aliphatic rings. The first-order valence-corrected chi connectivity index (χ1v) is 6.93. The van der Waals surface area contributed by atoms with Gasteiger partial charge in [-0.1, -0.05) is 6.07 Å². The summed E-state index contributed by atoms with van der Waals surface area (Å²) in [5, 5.41) is 12.3. The van der Waals surface area contributed by atoms with Crippen molar-refractivity contribution >= 4 is 29.1 Å². The highest BCUT2D eigenvalue weighted by molar-refractivity contribution is 7.98. The molecule has 0 spiro atoms. The maximum Gasteiger partial charge on any atom is 0.339 e. The molecule has 0 fully saturated rings. The summed E-state index contributed by atoms with van der Waals surface area (Å²) < 4.78 is 0. The summed E-state index contributed by atoms with van der Waals surface area (Å²) in [7, 11) is 0. The molecule has 1 aromatic carbocycles. The van der Waals surface area contributed by atoms with Crippen LogP contribution in [0.3, 0.4) is 0 Å². The van der Waals surface area contributed by atoms with E-state index in [-0.39, 0.29) is 5.56 Å².